The van der Waals surface area contributed by atoms with Crippen molar-refractivity contribution in [3.63, 3.8) is 0 Å². The molecule has 0 unspecified atom stereocenters. The highest BCUT2D eigenvalue weighted by molar-refractivity contribution is 7.90. The molecule has 0 N–H and O–H groups in total. The number of esters is 1. The van der Waals surface area contributed by atoms with Crippen LogP contribution in [0.3, 0.4) is 0 Å². The lowest BCUT2D eigenvalue weighted by Gasteiger charge is -2.10. The fraction of sp³-hybridized carbons (Fsp3) is 0.154. The summed E-state index contributed by atoms with van der Waals surface area (Å²) in [6.07, 6.45) is 0.686. The van der Waals surface area contributed by atoms with Crippen LogP contribution < -0.4 is 9.54 Å². The first-order valence-corrected chi connectivity index (χ1v) is 13.2. The third-order valence-corrected chi connectivity index (χ3v) is 7.40. The van der Waals surface area contributed by atoms with E-state index in [0.29, 0.717) is 35.7 Å². The van der Waals surface area contributed by atoms with Crippen LogP contribution >= 0.6 is 11.3 Å². The third-order valence-electron chi connectivity index (χ3n) is 5.14. The molecule has 0 atom stereocenters. The quantitative estimate of drug-likeness (QED) is 0.185. The summed E-state index contributed by atoms with van der Waals surface area (Å²) in [5, 5.41) is 1.87. The second-order valence-corrected chi connectivity index (χ2v) is 10.0. The van der Waals surface area contributed by atoms with Gasteiger partial charge in [-0.3, -0.25) is 0 Å². The third kappa shape index (κ3) is 6.13. The number of carbonyl (C=O) groups is 1. The molecule has 0 aliphatic rings. The number of carbonyl (C=O) groups excluding carboxylic acids is 1. The molecule has 4 rings (SSSR count). The Labute approximate surface area is 208 Å². The Bertz CT molecular complexity index is 1440. The zero-order valence-electron chi connectivity index (χ0n) is 19.0. The number of methoxy groups -OCH3 is 1. The molecule has 0 fully saturated rings. The first-order valence-electron chi connectivity index (χ1n) is 10.9. The van der Waals surface area contributed by atoms with Crippen LogP contribution in [0.25, 0.3) is 11.3 Å². The van der Waals surface area contributed by atoms with Crippen molar-refractivity contribution in [3.05, 3.63) is 101 Å². The Hall–Kier alpha value is -3.53. The van der Waals surface area contributed by atoms with Crippen LogP contribution in [0.5, 0.6) is 5.75 Å². The zero-order chi connectivity index (χ0) is 24.7. The van der Waals surface area contributed by atoms with Crippen LogP contribution in [0.2, 0.25) is 0 Å². The number of hydrogen-bond donors (Lipinski definition) is 0. The minimum absolute atomic E-state index is 0.142. The molecule has 0 aliphatic carbocycles. The highest BCUT2D eigenvalue weighted by Crippen LogP contribution is 2.24. The fourth-order valence-corrected chi connectivity index (χ4v) is 5.57. The van der Waals surface area contributed by atoms with Gasteiger partial charge in [0.1, 0.15) is 5.75 Å². The predicted octanol–water partition coefficient (Wildman–Crippen LogP) is 4.76. The van der Waals surface area contributed by atoms with Crippen LogP contribution in [0.15, 0.2) is 99.6 Å². The van der Waals surface area contributed by atoms with E-state index in [4.69, 9.17) is 9.47 Å². The minimum Gasteiger partial charge on any atom is -0.423 e. The molecule has 0 bridgehead atoms. The number of hydrogen-bond acceptors (Lipinski definition) is 6. The Morgan fingerprint density at radius 1 is 0.943 bits per heavy atom. The Balaban J connectivity index is 1.64. The van der Waals surface area contributed by atoms with Crippen molar-refractivity contribution >= 4 is 27.3 Å². The second-order valence-electron chi connectivity index (χ2n) is 7.56. The lowest BCUT2D eigenvalue weighted by atomic mass is 10.1. The summed E-state index contributed by atoms with van der Waals surface area (Å²) in [7, 11) is -2.23. The van der Waals surface area contributed by atoms with E-state index in [-0.39, 0.29) is 4.90 Å². The first-order chi connectivity index (χ1) is 17.0. The second kappa shape index (κ2) is 11.3. The molecule has 180 valence electrons. The Morgan fingerprint density at radius 2 is 1.60 bits per heavy atom. The molecule has 1 aromatic heterocycles. The number of thiazole rings is 1. The predicted molar refractivity (Wildman–Crippen MR) is 135 cm³/mol. The summed E-state index contributed by atoms with van der Waals surface area (Å²) in [4.78, 5) is 12.8. The van der Waals surface area contributed by atoms with Gasteiger partial charge in [0.05, 0.1) is 16.2 Å². The molecule has 3 aromatic carbocycles. The van der Waals surface area contributed by atoms with Gasteiger partial charge in [0.25, 0.3) is 10.0 Å². The van der Waals surface area contributed by atoms with Gasteiger partial charge in [-0.1, -0.05) is 36.4 Å². The average Bonchev–Trinajstić information content (AvgIpc) is 3.27. The van der Waals surface area contributed by atoms with Gasteiger partial charge in [-0.2, -0.15) is 8.42 Å². The summed E-state index contributed by atoms with van der Waals surface area (Å²) in [6.45, 7) is 1.06. The highest BCUT2D eigenvalue weighted by Gasteiger charge is 2.15. The molecule has 0 saturated heterocycles. The van der Waals surface area contributed by atoms with Crippen LogP contribution in [-0.4, -0.2) is 32.7 Å². The molecule has 0 aliphatic heterocycles. The number of benzene rings is 3. The molecule has 0 radical (unpaired) electrons. The van der Waals surface area contributed by atoms with Gasteiger partial charge in [-0.25, -0.2) is 4.79 Å². The molecule has 0 saturated carbocycles. The molecule has 7 nitrogen and oxygen atoms in total. The standard InChI is InChI=1S/C26H24N2O5S2/c1-32-18-8-17-28-24(19-34-26(28)27-35(30,31)23-11-6-3-7-12-23)20-13-15-22(16-14-20)33-25(29)21-9-4-2-5-10-21/h2-7,9-16,19H,8,17-18H2,1H3. The van der Waals surface area contributed by atoms with Crippen LogP contribution in [-0.2, 0) is 21.3 Å². The van der Waals surface area contributed by atoms with E-state index in [1.165, 1.54) is 23.5 Å². The summed E-state index contributed by atoms with van der Waals surface area (Å²) in [5.41, 5.74) is 2.13. The monoisotopic (exact) mass is 508 g/mol. The van der Waals surface area contributed by atoms with E-state index in [1.54, 1.807) is 61.7 Å². The Kier molecular flexibility index (Phi) is 7.91. The van der Waals surface area contributed by atoms with Crippen molar-refractivity contribution < 1.29 is 22.7 Å². The molecule has 1 heterocycles. The average molecular weight is 509 g/mol. The Morgan fingerprint density at radius 3 is 2.26 bits per heavy atom. The molecular weight excluding hydrogens is 484 g/mol. The maximum Gasteiger partial charge on any atom is 0.343 e. The summed E-state index contributed by atoms with van der Waals surface area (Å²) in [6, 6.07) is 24.0. The van der Waals surface area contributed by atoms with E-state index in [0.717, 1.165) is 11.3 Å². The smallest absolute Gasteiger partial charge is 0.343 e. The summed E-state index contributed by atoms with van der Waals surface area (Å²) in [5.74, 6) is -0.0175. The first kappa shape index (κ1) is 24.6. The van der Waals surface area contributed by atoms with Gasteiger partial charge in [0.2, 0.25) is 4.80 Å². The largest absolute Gasteiger partial charge is 0.423 e. The zero-order valence-corrected chi connectivity index (χ0v) is 20.7. The van der Waals surface area contributed by atoms with Gasteiger partial charge in [-0.15, -0.1) is 15.7 Å². The molecule has 35 heavy (non-hydrogen) atoms. The van der Waals surface area contributed by atoms with Gasteiger partial charge in [0.15, 0.2) is 0 Å². The minimum atomic E-state index is -3.86. The van der Waals surface area contributed by atoms with Crippen molar-refractivity contribution in [3.8, 4) is 17.0 Å². The summed E-state index contributed by atoms with van der Waals surface area (Å²) < 4.78 is 42.3. The van der Waals surface area contributed by atoms with Crippen molar-refractivity contribution in [2.45, 2.75) is 17.9 Å². The highest BCUT2D eigenvalue weighted by atomic mass is 32.2. The van der Waals surface area contributed by atoms with Crippen LogP contribution in [0.4, 0.5) is 0 Å². The fourth-order valence-electron chi connectivity index (χ4n) is 3.40. The topological polar surface area (TPSA) is 87.0 Å². The SMILES string of the molecule is COCCCn1c(-c2ccc(OC(=O)c3ccccc3)cc2)csc1=NS(=O)(=O)c1ccccc1. The van der Waals surface area contributed by atoms with E-state index in [1.807, 2.05) is 28.1 Å². The molecular formula is C26H24N2O5S2. The number of sulfonamides is 1. The van der Waals surface area contributed by atoms with E-state index < -0.39 is 16.0 Å². The van der Waals surface area contributed by atoms with Gasteiger partial charge < -0.3 is 14.0 Å². The van der Waals surface area contributed by atoms with Crippen molar-refractivity contribution in [1.82, 2.24) is 4.57 Å². The lowest BCUT2D eigenvalue weighted by molar-refractivity contribution is 0.0734. The molecule has 0 spiro atoms. The molecule has 0 amide bonds. The molecule has 4 aromatic rings. The number of aromatic nitrogens is 1. The molecule has 9 heteroatoms. The van der Waals surface area contributed by atoms with Crippen LogP contribution in [0, 0.1) is 0 Å². The van der Waals surface area contributed by atoms with E-state index in [2.05, 4.69) is 4.40 Å². The van der Waals surface area contributed by atoms with Crippen molar-refractivity contribution in [2.24, 2.45) is 4.40 Å². The maximum atomic E-state index is 12.8. The number of ether oxygens (including phenoxy) is 2. The van der Waals surface area contributed by atoms with Crippen LogP contribution in [0.1, 0.15) is 16.8 Å². The van der Waals surface area contributed by atoms with Crippen molar-refractivity contribution in [2.75, 3.05) is 13.7 Å². The number of nitrogens with zero attached hydrogens (tertiary/aromatic N) is 2. The number of rotatable bonds is 9. The van der Waals surface area contributed by atoms with Crippen molar-refractivity contribution in [1.29, 1.82) is 0 Å². The lowest BCUT2D eigenvalue weighted by Crippen LogP contribution is -2.19. The normalized spacial score (nSPS) is 12.0. The van der Waals surface area contributed by atoms with Gasteiger partial charge in [0, 0.05) is 25.6 Å². The van der Waals surface area contributed by atoms with E-state index >= 15 is 0 Å². The summed E-state index contributed by atoms with van der Waals surface area (Å²) >= 11 is 1.25. The van der Waals surface area contributed by atoms with Gasteiger partial charge >= 0.3 is 5.97 Å². The maximum absolute atomic E-state index is 12.8. The van der Waals surface area contributed by atoms with E-state index in [9.17, 15) is 13.2 Å². The van der Waals surface area contributed by atoms with Gasteiger partial charge in [-0.05, 0) is 60.5 Å².